The SMILES string of the molecule is Cc1cccc(C(=O)NC2CCC(Cl)CC2)c1[N+](=O)[O-]. The predicted octanol–water partition coefficient (Wildman–Crippen LogP) is 3.18. The van der Waals surface area contributed by atoms with Crippen LogP contribution < -0.4 is 5.32 Å². The van der Waals surface area contributed by atoms with Gasteiger partial charge in [-0.15, -0.1) is 11.6 Å². The van der Waals surface area contributed by atoms with Crippen molar-refractivity contribution in [2.75, 3.05) is 0 Å². The molecule has 20 heavy (non-hydrogen) atoms. The summed E-state index contributed by atoms with van der Waals surface area (Å²) in [4.78, 5) is 22.8. The van der Waals surface area contributed by atoms with Crippen LogP contribution in [0.3, 0.4) is 0 Å². The summed E-state index contributed by atoms with van der Waals surface area (Å²) in [6.45, 7) is 1.63. The number of alkyl halides is 1. The average molecular weight is 297 g/mol. The molecule has 6 heteroatoms. The number of nitrogens with one attached hydrogen (secondary N) is 1. The van der Waals surface area contributed by atoms with Crippen LogP contribution in [0.2, 0.25) is 0 Å². The molecule has 1 aliphatic rings. The lowest BCUT2D eigenvalue weighted by molar-refractivity contribution is -0.385. The van der Waals surface area contributed by atoms with Crippen molar-refractivity contribution in [1.29, 1.82) is 0 Å². The normalized spacial score (nSPS) is 22.3. The van der Waals surface area contributed by atoms with Crippen LogP contribution in [-0.2, 0) is 0 Å². The maximum atomic E-state index is 12.2. The van der Waals surface area contributed by atoms with Gasteiger partial charge in [0.05, 0.1) is 4.92 Å². The Balaban J connectivity index is 2.13. The van der Waals surface area contributed by atoms with Crippen molar-refractivity contribution in [3.05, 3.63) is 39.4 Å². The van der Waals surface area contributed by atoms with Crippen molar-refractivity contribution in [2.45, 2.75) is 44.0 Å². The highest BCUT2D eigenvalue weighted by Crippen LogP contribution is 2.25. The van der Waals surface area contributed by atoms with E-state index in [-0.39, 0.29) is 28.6 Å². The van der Waals surface area contributed by atoms with Crippen molar-refractivity contribution in [3.63, 3.8) is 0 Å². The van der Waals surface area contributed by atoms with E-state index in [9.17, 15) is 14.9 Å². The summed E-state index contributed by atoms with van der Waals surface area (Å²) in [5, 5.41) is 14.1. The van der Waals surface area contributed by atoms with E-state index in [0.717, 1.165) is 25.7 Å². The summed E-state index contributed by atoms with van der Waals surface area (Å²) in [5.41, 5.74) is 0.506. The molecule has 1 amide bonds. The molecule has 2 rings (SSSR count). The van der Waals surface area contributed by atoms with Crippen molar-refractivity contribution < 1.29 is 9.72 Å². The van der Waals surface area contributed by atoms with Gasteiger partial charge >= 0.3 is 0 Å². The van der Waals surface area contributed by atoms with Crippen LogP contribution in [0.25, 0.3) is 0 Å². The number of nitrogens with zero attached hydrogens (tertiary/aromatic N) is 1. The van der Waals surface area contributed by atoms with Crippen LogP contribution >= 0.6 is 11.6 Å². The van der Waals surface area contributed by atoms with Gasteiger partial charge in [0.15, 0.2) is 0 Å². The molecule has 1 aliphatic carbocycles. The lowest BCUT2D eigenvalue weighted by atomic mass is 9.94. The molecule has 0 aromatic heterocycles. The molecule has 108 valence electrons. The summed E-state index contributed by atoms with van der Waals surface area (Å²) >= 11 is 6.02. The van der Waals surface area contributed by atoms with Crippen LogP contribution in [0.1, 0.15) is 41.6 Å². The number of aryl methyl sites for hydroxylation is 1. The van der Waals surface area contributed by atoms with Gasteiger partial charge in [-0.05, 0) is 38.7 Å². The van der Waals surface area contributed by atoms with Crippen LogP contribution in [0.15, 0.2) is 18.2 Å². The van der Waals surface area contributed by atoms with Crippen LogP contribution in [0.5, 0.6) is 0 Å². The average Bonchev–Trinajstić information content (AvgIpc) is 2.40. The summed E-state index contributed by atoms with van der Waals surface area (Å²) in [5.74, 6) is -0.376. The Morgan fingerprint density at radius 2 is 2.00 bits per heavy atom. The lowest BCUT2D eigenvalue weighted by Gasteiger charge is -2.25. The molecule has 0 spiro atoms. The number of rotatable bonds is 3. The minimum Gasteiger partial charge on any atom is -0.349 e. The van der Waals surface area contributed by atoms with E-state index >= 15 is 0 Å². The first kappa shape index (κ1) is 14.8. The highest BCUT2D eigenvalue weighted by atomic mass is 35.5. The number of carbonyl (C=O) groups is 1. The molecule has 0 heterocycles. The molecule has 0 saturated heterocycles. The fourth-order valence-corrected chi connectivity index (χ4v) is 2.80. The Morgan fingerprint density at radius 1 is 1.35 bits per heavy atom. The number of nitro groups is 1. The van der Waals surface area contributed by atoms with E-state index in [1.807, 2.05) is 0 Å². The second-order valence-electron chi connectivity index (χ2n) is 5.15. The number of carbonyl (C=O) groups excluding carboxylic acids is 1. The summed E-state index contributed by atoms with van der Waals surface area (Å²) < 4.78 is 0. The molecule has 5 nitrogen and oxygen atoms in total. The van der Waals surface area contributed by atoms with E-state index in [1.165, 1.54) is 6.07 Å². The lowest BCUT2D eigenvalue weighted by Crippen LogP contribution is -2.38. The monoisotopic (exact) mass is 296 g/mol. The molecule has 0 atom stereocenters. The first-order valence-electron chi connectivity index (χ1n) is 6.68. The summed E-state index contributed by atoms with van der Waals surface area (Å²) in [6.07, 6.45) is 3.36. The Bertz CT molecular complexity index is 525. The molecular formula is C14H17ClN2O3. The first-order chi connectivity index (χ1) is 9.49. The molecule has 1 N–H and O–H groups in total. The minimum atomic E-state index is -0.500. The van der Waals surface area contributed by atoms with Crippen LogP contribution in [0, 0.1) is 17.0 Å². The summed E-state index contributed by atoms with van der Waals surface area (Å²) in [7, 11) is 0. The summed E-state index contributed by atoms with van der Waals surface area (Å²) in [6, 6.07) is 4.84. The molecular weight excluding hydrogens is 280 g/mol. The molecule has 0 radical (unpaired) electrons. The Morgan fingerprint density at radius 3 is 2.60 bits per heavy atom. The van der Waals surface area contributed by atoms with Gasteiger partial charge in [0, 0.05) is 17.0 Å². The van der Waals surface area contributed by atoms with E-state index in [4.69, 9.17) is 11.6 Å². The number of halogens is 1. The second kappa shape index (κ2) is 6.22. The number of benzene rings is 1. The van der Waals surface area contributed by atoms with E-state index < -0.39 is 4.92 Å². The highest BCUT2D eigenvalue weighted by molar-refractivity contribution is 6.20. The molecule has 1 aromatic carbocycles. The molecule has 0 bridgehead atoms. The Hall–Kier alpha value is -1.62. The van der Waals surface area contributed by atoms with Gasteiger partial charge in [-0.25, -0.2) is 0 Å². The van der Waals surface area contributed by atoms with Gasteiger partial charge in [0.2, 0.25) is 0 Å². The number of nitro benzene ring substituents is 1. The third kappa shape index (κ3) is 3.28. The van der Waals surface area contributed by atoms with Crippen molar-refractivity contribution in [2.24, 2.45) is 0 Å². The van der Waals surface area contributed by atoms with Gasteiger partial charge in [0.25, 0.3) is 11.6 Å². The van der Waals surface area contributed by atoms with Gasteiger partial charge in [-0.1, -0.05) is 12.1 Å². The van der Waals surface area contributed by atoms with E-state index in [1.54, 1.807) is 19.1 Å². The quantitative estimate of drug-likeness (QED) is 0.529. The molecule has 1 fully saturated rings. The second-order valence-corrected chi connectivity index (χ2v) is 5.77. The standard InChI is InChI=1S/C14H17ClN2O3/c1-9-3-2-4-12(13(9)17(19)20)14(18)16-11-7-5-10(15)6-8-11/h2-4,10-11H,5-8H2,1H3,(H,16,18). The number of hydrogen-bond donors (Lipinski definition) is 1. The third-order valence-corrected chi connectivity index (χ3v) is 4.09. The highest BCUT2D eigenvalue weighted by Gasteiger charge is 2.26. The number of amides is 1. The Kier molecular flexibility index (Phi) is 4.60. The smallest absolute Gasteiger partial charge is 0.285 e. The topological polar surface area (TPSA) is 72.2 Å². The molecule has 0 unspecified atom stereocenters. The first-order valence-corrected chi connectivity index (χ1v) is 7.11. The largest absolute Gasteiger partial charge is 0.349 e. The predicted molar refractivity (Wildman–Crippen MR) is 77.2 cm³/mol. The van der Waals surface area contributed by atoms with Gasteiger partial charge in [-0.2, -0.15) is 0 Å². The fraction of sp³-hybridized carbons (Fsp3) is 0.500. The van der Waals surface area contributed by atoms with E-state index in [2.05, 4.69) is 5.32 Å². The van der Waals surface area contributed by atoms with Crippen molar-refractivity contribution in [1.82, 2.24) is 5.32 Å². The van der Waals surface area contributed by atoms with Crippen LogP contribution in [0.4, 0.5) is 5.69 Å². The van der Waals surface area contributed by atoms with Crippen molar-refractivity contribution >= 4 is 23.2 Å². The van der Waals surface area contributed by atoms with Gasteiger partial charge in [-0.3, -0.25) is 14.9 Å². The maximum absolute atomic E-state index is 12.2. The zero-order chi connectivity index (χ0) is 14.7. The molecule has 1 aromatic rings. The number of hydrogen-bond acceptors (Lipinski definition) is 3. The zero-order valence-electron chi connectivity index (χ0n) is 11.3. The number of para-hydroxylation sites is 1. The minimum absolute atomic E-state index is 0.0533. The van der Waals surface area contributed by atoms with E-state index in [0.29, 0.717) is 5.56 Å². The molecule has 1 saturated carbocycles. The zero-order valence-corrected chi connectivity index (χ0v) is 12.0. The van der Waals surface area contributed by atoms with Gasteiger partial charge in [0.1, 0.15) is 5.56 Å². The maximum Gasteiger partial charge on any atom is 0.285 e. The van der Waals surface area contributed by atoms with Gasteiger partial charge < -0.3 is 5.32 Å². The molecule has 0 aliphatic heterocycles. The van der Waals surface area contributed by atoms with Crippen LogP contribution in [-0.4, -0.2) is 22.2 Å². The third-order valence-electron chi connectivity index (χ3n) is 3.66. The fourth-order valence-electron chi connectivity index (χ4n) is 2.54. The van der Waals surface area contributed by atoms with Crippen molar-refractivity contribution in [3.8, 4) is 0 Å². The Labute approximate surface area is 122 Å².